The van der Waals surface area contributed by atoms with E-state index in [-0.39, 0.29) is 30.0 Å². The summed E-state index contributed by atoms with van der Waals surface area (Å²) in [6.45, 7) is 10.7. The van der Waals surface area contributed by atoms with Crippen molar-refractivity contribution in [2.24, 2.45) is 0 Å². The van der Waals surface area contributed by atoms with Crippen LogP contribution in [0.2, 0.25) is 5.15 Å². The standard InChI is InChI=1S/C32H40ClN5O4S/c1-5-42-31(40)25-6-8-26(9-7-25)36-32(41)38(19-24-13-17-43-20-24)27-11-15-37(16-12-27)22(3)10-14-34-30(39)29-21(2)18-28(33)35-23(29)4/h6-9,13,17-18,20,22,27H,5,10-12,14-16,19H2,1-4H3,(H,34,39)(H,36,41). The second-order valence-corrected chi connectivity index (χ2v) is 12.0. The fourth-order valence-corrected chi connectivity index (χ4v) is 6.43. The first kappa shape index (κ1) is 32.4. The number of aryl methyl sites for hydroxylation is 2. The Morgan fingerprint density at radius 1 is 1.16 bits per heavy atom. The van der Waals surface area contributed by atoms with E-state index in [4.69, 9.17) is 16.3 Å². The van der Waals surface area contributed by atoms with Gasteiger partial charge in [0.25, 0.3) is 5.91 Å². The number of esters is 1. The molecule has 43 heavy (non-hydrogen) atoms. The van der Waals surface area contributed by atoms with Crippen LogP contribution in [-0.4, -0.2) is 71.0 Å². The molecule has 1 unspecified atom stereocenters. The number of urea groups is 1. The van der Waals surface area contributed by atoms with Crippen molar-refractivity contribution in [3.05, 3.63) is 80.3 Å². The molecule has 1 aromatic carbocycles. The Morgan fingerprint density at radius 3 is 2.51 bits per heavy atom. The van der Waals surface area contributed by atoms with Crippen LogP contribution in [0.3, 0.4) is 0 Å². The van der Waals surface area contributed by atoms with Crippen LogP contribution < -0.4 is 10.6 Å². The predicted molar refractivity (Wildman–Crippen MR) is 171 cm³/mol. The maximum Gasteiger partial charge on any atom is 0.338 e. The van der Waals surface area contributed by atoms with Crippen molar-refractivity contribution in [1.82, 2.24) is 20.1 Å². The zero-order chi connectivity index (χ0) is 30.9. The molecule has 11 heteroatoms. The van der Waals surface area contributed by atoms with Crippen molar-refractivity contribution >= 4 is 46.5 Å². The van der Waals surface area contributed by atoms with Crippen molar-refractivity contribution in [1.29, 1.82) is 0 Å². The highest BCUT2D eigenvalue weighted by Gasteiger charge is 2.30. The van der Waals surface area contributed by atoms with Crippen molar-refractivity contribution < 1.29 is 19.1 Å². The van der Waals surface area contributed by atoms with E-state index in [1.165, 1.54) is 0 Å². The van der Waals surface area contributed by atoms with Gasteiger partial charge in [0.15, 0.2) is 0 Å². The molecule has 0 spiro atoms. The monoisotopic (exact) mass is 625 g/mol. The molecule has 3 heterocycles. The van der Waals surface area contributed by atoms with Crippen LogP contribution in [0.4, 0.5) is 10.5 Å². The maximum atomic E-state index is 13.5. The van der Waals surface area contributed by atoms with Crippen LogP contribution in [0.1, 0.15) is 70.6 Å². The highest BCUT2D eigenvalue weighted by atomic mass is 35.5. The SMILES string of the molecule is CCOC(=O)c1ccc(NC(=O)N(Cc2ccsc2)C2CCN(C(C)CCNC(=O)c3c(C)cc(Cl)nc3C)CC2)cc1. The average molecular weight is 626 g/mol. The third-order valence-corrected chi connectivity index (χ3v) is 8.77. The van der Waals surface area contributed by atoms with Crippen LogP contribution in [0, 0.1) is 13.8 Å². The number of hydrogen-bond donors (Lipinski definition) is 2. The van der Waals surface area contributed by atoms with Gasteiger partial charge in [-0.25, -0.2) is 14.6 Å². The van der Waals surface area contributed by atoms with Gasteiger partial charge in [-0.2, -0.15) is 11.3 Å². The fraction of sp³-hybridized carbons (Fsp3) is 0.438. The summed E-state index contributed by atoms with van der Waals surface area (Å²) >= 11 is 7.63. The summed E-state index contributed by atoms with van der Waals surface area (Å²) in [5.74, 6) is -0.512. The number of amides is 3. The quantitative estimate of drug-likeness (QED) is 0.192. The molecule has 1 aliphatic heterocycles. The number of piperidine rings is 1. The molecule has 0 saturated carbocycles. The molecule has 1 atom stereocenters. The number of nitrogens with zero attached hydrogens (tertiary/aromatic N) is 3. The number of carbonyl (C=O) groups excluding carboxylic acids is 3. The number of likely N-dealkylation sites (tertiary alicyclic amines) is 1. The first-order chi connectivity index (χ1) is 20.7. The maximum absolute atomic E-state index is 13.5. The number of pyridine rings is 1. The van der Waals surface area contributed by atoms with Gasteiger partial charge in [0, 0.05) is 44.0 Å². The Labute approximate surface area is 262 Å². The van der Waals surface area contributed by atoms with Gasteiger partial charge in [-0.05, 0) is 105 Å². The molecule has 1 aliphatic rings. The van der Waals surface area contributed by atoms with Gasteiger partial charge in [0.2, 0.25) is 0 Å². The Morgan fingerprint density at radius 2 is 1.88 bits per heavy atom. The van der Waals surface area contributed by atoms with Gasteiger partial charge in [-0.1, -0.05) is 11.6 Å². The minimum atomic E-state index is -0.383. The summed E-state index contributed by atoms with van der Waals surface area (Å²) in [5.41, 5.74) is 4.20. The van der Waals surface area contributed by atoms with Gasteiger partial charge >= 0.3 is 12.0 Å². The first-order valence-electron chi connectivity index (χ1n) is 14.7. The number of carbonyl (C=O) groups is 3. The van der Waals surface area contributed by atoms with E-state index < -0.39 is 0 Å². The molecule has 1 saturated heterocycles. The molecule has 2 N–H and O–H groups in total. The molecule has 2 aromatic heterocycles. The van der Waals surface area contributed by atoms with E-state index in [9.17, 15) is 14.4 Å². The van der Waals surface area contributed by atoms with E-state index in [2.05, 4.69) is 32.8 Å². The van der Waals surface area contributed by atoms with Crippen molar-refractivity contribution in [3.63, 3.8) is 0 Å². The highest BCUT2D eigenvalue weighted by Crippen LogP contribution is 2.24. The van der Waals surface area contributed by atoms with Crippen LogP contribution in [0.5, 0.6) is 0 Å². The minimum absolute atomic E-state index is 0.0882. The fourth-order valence-electron chi connectivity index (χ4n) is 5.48. The lowest BCUT2D eigenvalue weighted by atomic mass is 10.0. The van der Waals surface area contributed by atoms with Crippen LogP contribution >= 0.6 is 22.9 Å². The second-order valence-electron chi connectivity index (χ2n) is 10.9. The number of rotatable bonds is 11. The van der Waals surface area contributed by atoms with Gasteiger partial charge in [-0.3, -0.25) is 4.79 Å². The smallest absolute Gasteiger partial charge is 0.338 e. The van der Waals surface area contributed by atoms with Crippen molar-refractivity contribution in [3.8, 4) is 0 Å². The first-order valence-corrected chi connectivity index (χ1v) is 16.0. The van der Waals surface area contributed by atoms with Crippen molar-refractivity contribution in [2.45, 2.75) is 65.6 Å². The van der Waals surface area contributed by atoms with E-state index in [0.717, 1.165) is 43.5 Å². The number of anilines is 1. The second kappa shape index (κ2) is 15.3. The van der Waals surface area contributed by atoms with Crippen LogP contribution in [0.25, 0.3) is 0 Å². The van der Waals surface area contributed by atoms with E-state index in [1.54, 1.807) is 55.5 Å². The number of benzene rings is 1. The summed E-state index contributed by atoms with van der Waals surface area (Å²) in [6, 6.07) is 10.7. The van der Waals surface area contributed by atoms with Gasteiger partial charge in [0.05, 0.1) is 23.4 Å². The number of ether oxygens (including phenoxy) is 1. The van der Waals surface area contributed by atoms with E-state index in [1.807, 2.05) is 23.3 Å². The average Bonchev–Trinajstić information content (AvgIpc) is 3.49. The molecule has 0 radical (unpaired) electrons. The number of thiophene rings is 1. The van der Waals surface area contributed by atoms with Crippen molar-refractivity contribution in [2.75, 3.05) is 31.6 Å². The molecule has 3 amide bonds. The lowest BCUT2D eigenvalue weighted by Gasteiger charge is -2.40. The predicted octanol–water partition coefficient (Wildman–Crippen LogP) is 6.30. The molecule has 230 valence electrons. The number of hydrogen-bond acceptors (Lipinski definition) is 7. The van der Waals surface area contributed by atoms with Gasteiger partial charge in [0.1, 0.15) is 5.15 Å². The third-order valence-electron chi connectivity index (χ3n) is 7.85. The number of nitrogens with one attached hydrogen (secondary N) is 2. The lowest BCUT2D eigenvalue weighted by Crippen LogP contribution is -2.50. The Kier molecular flexibility index (Phi) is 11.6. The minimum Gasteiger partial charge on any atom is -0.462 e. The van der Waals surface area contributed by atoms with Gasteiger partial charge in [-0.15, -0.1) is 0 Å². The van der Waals surface area contributed by atoms with Crippen LogP contribution in [-0.2, 0) is 11.3 Å². The number of aromatic nitrogens is 1. The zero-order valence-corrected chi connectivity index (χ0v) is 26.8. The molecule has 4 rings (SSSR count). The molecular weight excluding hydrogens is 586 g/mol. The summed E-state index contributed by atoms with van der Waals surface area (Å²) in [4.78, 5) is 46.9. The Hall–Kier alpha value is -3.47. The molecule has 1 fully saturated rings. The zero-order valence-electron chi connectivity index (χ0n) is 25.2. The molecule has 9 nitrogen and oxygen atoms in total. The largest absolute Gasteiger partial charge is 0.462 e. The topological polar surface area (TPSA) is 104 Å². The highest BCUT2D eigenvalue weighted by molar-refractivity contribution is 7.07. The molecule has 3 aromatic rings. The Bertz CT molecular complexity index is 1370. The van der Waals surface area contributed by atoms with Gasteiger partial charge < -0.3 is 25.2 Å². The summed E-state index contributed by atoms with van der Waals surface area (Å²) < 4.78 is 5.05. The Balaban J connectivity index is 1.31. The number of halogens is 1. The molecule has 0 bridgehead atoms. The third kappa shape index (κ3) is 8.78. The summed E-state index contributed by atoms with van der Waals surface area (Å²) in [5, 5.41) is 10.5. The lowest BCUT2D eigenvalue weighted by molar-refractivity contribution is 0.0526. The van der Waals surface area contributed by atoms with E-state index >= 15 is 0 Å². The molecule has 0 aliphatic carbocycles. The normalized spacial score (nSPS) is 14.6. The molecular formula is C32H40ClN5O4S. The summed E-state index contributed by atoms with van der Waals surface area (Å²) in [6.07, 6.45) is 2.52. The van der Waals surface area contributed by atoms with Crippen LogP contribution in [0.15, 0.2) is 47.2 Å². The summed E-state index contributed by atoms with van der Waals surface area (Å²) in [7, 11) is 0. The van der Waals surface area contributed by atoms with E-state index in [0.29, 0.717) is 47.4 Å².